The van der Waals surface area contributed by atoms with Crippen LogP contribution >= 0.6 is 0 Å². The van der Waals surface area contributed by atoms with Crippen molar-refractivity contribution in [2.45, 2.75) is 0 Å². The number of rotatable bonds is 2. The number of pyridine rings is 1. The van der Waals surface area contributed by atoms with Crippen molar-refractivity contribution < 1.29 is 18.7 Å². The minimum atomic E-state index is -0.751. The molecule has 2 N–H and O–H groups in total. The Morgan fingerprint density at radius 1 is 1.29 bits per heavy atom. The fourth-order valence-electron chi connectivity index (χ4n) is 1.55. The summed E-state index contributed by atoms with van der Waals surface area (Å²) in [6.07, 6.45) is 0.944. The van der Waals surface area contributed by atoms with E-state index in [1.807, 2.05) is 0 Å². The van der Waals surface area contributed by atoms with Crippen molar-refractivity contribution in [3.63, 3.8) is 0 Å². The standard InChI is InChI=1S/C15H10F2N2O2/c16-11-4-6-14(18-9-11)19-15(21)12-5-3-10(2-1-7-20)8-13(12)17/h3-6,8-9,20H,7H2,(H,18,19,21). The molecule has 1 aromatic heterocycles. The zero-order valence-electron chi connectivity index (χ0n) is 10.7. The highest BCUT2D eigenvalue weighted by Crippen LogP contribution is 2.12. The fraction of sp³-hybridized carbons (Fsp3) is 0.0667. The molecule has 0 unspecified atom stereocenters. The predicted octanol–water partition coefficient (Wildman–Crippen LogP) is 1.96. The first-order chi connectivity index (χ1) is 10.1. The van der Waals surface area contributed by atoms with Gasteiger partial charge >= 0.3 is 0 Å². The summed E-state index contributed by atoms with van der Waals surface area (Å²) in [6, 6.07) is 6.22. The number of amides is 1. The Balaban J connectivity index is 2.17. The molecule has 0 aliphatic heterocycles. The molecule has 0 aliphatic rings. The minimum absolute atomic E-state index is 0.116. The van der Waals surface area contributed by atoms with Crippen molar-refractivity contribution in [3.8, 4) is 11.8 Å². The maximum Gasteiger partial charge on any atom is 0.259 e. The lowest BCUT2D eigenvalue weighted by Crippen LogP contribution is -2.14. The average molecular weight is 288 g/mol. The van der Waals surface area contributed by atoms with Gasteiger partial charge in [0.2, 0.25) is 0 Å². The number of nitrogens with one attached hydrogen (secondary N) is 1. The van der Waals surface area contributed by atoms with Gasteiger partial charge in [-0.1, -0.05) is 11.8 Å². The van der Waals surface area contributed by atoms with Gasteiger partial charge in [-0.05, 0) is 30.3 Å². The van der Waals surface area contributed by atoms with Gasteiger partial charge in [-0.3, -0.25) is 4.79 Å². The van der Waals surface area contributed by atoms with Gasteiger partial charge in [0.15, 0.2) is 0 Å². The number of aliphatic hydroxyl groups excluding tert-OH is 1. The number of aromatic nitrogens is 1. The summed E-state index contributed by atoms with van der Waals surface area (Å²) in [4.78, 5) is 15.5. The van der Waals surface area contributed by atoms with Gasteiger partial charge < -0.3 is 10.4 Å². The van der Waals surface area contributed by atoms with Crippen LogP contribution in [0.5, 0.6) is 0 Å². The second-order valence-corrected chi connectivity index (χ2v) is 3.97. The average Bonchev–Trinajstić information content (AvgIpc) is 2.47. The molecule has 0 saturated heterocycles. The molecule has 0 fully saturated rings. The van der Waals surface area contributed by atoms with E-state index in [1.54, 1.807) is 0 Å². The van der Waals surface area contributed by atoms with E-state index < -0.39 is 17.5 Å². The largest absolute Gasteiger partial charge is 0.384 e. The second kappa shape index (κ2) is 6.59. The van der Waals surface area contributed by atoms with E-state index in [0.29, 0.717) is 5.56 Å². The molecule has 6 heteroatoms. The van der Waals surface area contributed by atoms with Crippen molar-refractivity contribution in [3.05, 3.63) is 59.3 Å². The summed E-state index contributed by atoms with van der Waals surface area (Å²) < 4.78 is 26.5. The topological polar surface area (TPSA) is 62.2 Å². The number of hydrogen-bond acceptors (Lipinski definition) is 3. The smallest absolute Gasteiger partial charge is 0.259 e. The Morgan fingerprint density at radius 3 is 2.71 bits per heavy atom. The van der Waals surface area contributed by atoms with Crippen molar-refractivity contribution >= 4 is 11.7 Å². The molecule has 21 heavy (non-hydrogen) atoms. The Hall–Kier alpha value is -2.78. The molecule has 1 heterocycles. The lowest BCUT2D eigenvalue weighted by molar-refractivity contribution is 0.102. The summed E-state index contributed by atoms with van der Waals surface area (Å²) in [5, 5.41) is 10.9. The quantitative estimate of drug-likeness (QED) is 0.830. The molecule has 0 atom stereocenters. The first-order valence-corrected chi connectivity index (χ1v) is 5.92. The number of anilines is 1. The first-order valence-electron chi connectivity index (χ1n) is 5.92. The van der Waals surface area contributed by atoms with Crippen LogP contribution in [0, 0.1) is 23.5 Å². The van der Waals surface area contributed by atoms with E-state index in [0.717, 1.165) is 18.3 Å². The zero-order valence-corrected chi connectivity index (χ0v) is 10.7. The Morgan fingerprint density at radius 2 is 2.10 bits per heavy atom. The lowest BCUT2D eigenvalue weighted by Gasteiger charge is -2.05. The first kappa shape index (κ1) is 14.6. The molecule has 0 saturated carbocycles. The summed E-state index contributed by atoms with van der Waals surface area (Å²) in [5.74, 6) is 3.04. The van der Waals surface area contributed by atoms with Crippen LogP contribution in [-0.4, -0.2) is 22.6 Å². The number of nitrogens with zero attached hydrogens (tertiary/aromatic N) is 1. The van der Waals surface area contributed by atoms with E-state index in [2.05, 4.69) is 22.1 Å². The predicted molar refractivity (Wildman–Crippen MR) is 72.5 cm³/mol. The third-order valence-electron chi connectivity index (χ3n) is 2.49. The number of hydrogen-bond donors (Lipinski definition) is 2. The molecule has 0 spiro atoms. The zero-order chi connectivity index (χ0) is 15.2. The summed E-state index contributed by atoms with van der Waals surface area (Å²) in [7, 11) is 0. The van der Waals surface area contributed by atoms with Gasteiger partial charge in [0.25, 0.3) is 5.91 Å². The van der Waals surface area contributed by atoms with E-state index in [-0.39, 0.29) is 18.0 Å². The Kier molecular flexibility index (Phi) is 4.59. The van der Waals surface area contributed by atoms with Gasteiger partial charge in [0, 0.05) is 5.56 Å². The number of halogens is 2. The second-order valence-electron chi connectivity index (χ2n) is 3.97. The molecule has 106 valence electrons. The molecule has 0 aliphatic carbocycles. The highest BCUT2D eigenvalue weighted by molar-refractivity contribution is 6.04. The van der Waals surface area contributed by atoms with Gasteiger partial charge in [0.05, 0.1) is 11.8 Å². The molecule has 4 nitrogen and oxygen atoms in total. The highest BCUT2D eigenvalue weighted by Gasteiger charge is 2.12. The third-order valence-corrected chi connectivity index (χ3v) is 2.49. The Bertz CT molecular complexity index is 719. The van der Waals surface area contributed by atoms with Crippen LogP contribution in [0.4, 0.5) is 14.6 Å². The molecule has 2 aromatic rings. The van der Waals surface area contributed by atoms with Gasteiger partial charge in [-0.15, -0.1) is 0 Å². The SMILES string of the molecule is O=C(Nc1ccc(F)cn1)c1ccc(C#CCO)cc1F. The van der Waals surface area contributed by atoms with Crippen molar-refractivity contribution in [2.75, 3.05) is 11.9 Å². The normalized spacial score (nSPS) is 9.67. The number of benzene rings is 1. The molecule has 0 bridgehead atoms. The van der Waals surface area contributed by atoms with Crippen LogP contribution in [0.25, 0.3) is 0 Å². The maximum absolute atomic E-state index is 13.8. The van der Waals surface area contributed by atoms with Gasteiger partial charge in [0.1, 0.15) is 24.1 Å². The molecule has 0 radical (unpaired) electrons. The molecule has 2 rings (SSSR count). The molecular weight excluding hydrogens is 278 g/mol. The minimum Gasteiger partial charge on any atom is -0.384 e. The van der Waals surface area contributed by atoms with Crippen LogP contribution in [0.15, 0.2) is 36.5 Å². The monoisotopic (exact) mass is 288 g/mol. The van der Waals surface area contributed by atoms with Crippen LogP contribution in [-0.2, 0) is 0 Å². The maximum atomic E-state index is 13.8. The third kappa shape index (κ3) is 3.84. The van der Waals surface area contributed by atoms with Crippen molar-refractivity contribution in [1.29, 1.82) is 0 Å². The van der Waals surface area contributed by atoms with Gasteiger partial charge in [-0.25, -0.2) is 13.8 Å². The van der Waals surface area contributed by atoms with Crippen LogP contribution in [0.1, 0.15) is 15.9 Å². The van der Waals surface area contributed by atoms with Gasteiger partial charge in [-0.2, -0.15) is 0 Å². The van der Waals surface area contributed by atoms with Crippen LogP contribution < -0.4 is 5.32 Å². The van der Waals surface area contributed by atoms with E-state index in [4.69, 9.17) is 5.11 Å². The van der Waals surface area contributed by atoms with Crippen molar-refractivity contribution in [1.82, 2.24) is 4.98 Å². The van der Waals surface area contributed by atoms with E-state index in [1.165, 1.54) is 18.2 Å². The molecule has 1 aromatic carbocycles. The lowest BCUT2D eigenvalue weighted by atomic mass is 10.1. The number of aliphatic hydroxyl groups is 1. The summed E-state index contributed by atoms with van der Waals surface area (Å²) in [6.45, 7) is -0.333. The Labute approximate surface area is 119 Å². The number of carbonyl (C=O) groups excluding carboxylic acids is 1. The summed E-state index contributed by atoms with van der Waals surface area (Å²) >= 11 is 0. The van der Waals surface area contributed by atoms with E-state index in [9.17, 15) is 13.6 Å². The van der Waals surface area contributed by atoms with Crippen LogP contribution in [0.3, 0.4) is 0 Å². The summed E-state index contributed by atoms with van der Waals surface area (Å²) in [5.41, 5.74) is 0.161. The molecule has 1 amide bonds. The highest BCUT2D eigenvalue weighted by atomic mass is 19.1. The number of carbonyl (C=O) groups is 1. The van der Waals surface area contributed by atoms with Crippen molar-refractivity contribution in [2.24, 2.45) is 0 Å². The fourth-order valence-corrected chi connectivity index (χ4v) is 1.55. The molecular formula is C15H10F2N2O2. The van der Waals surface area contributed by atoms with Crippen LogP contribution in [0.2, 0.25) is 0 Å². The van der Waals surface area contributed by atoms with E-state index >= 15 is 0 Å².